The fourth-order valence-corrected chi connectivity index (χ4v) is 1.98. The number of carboxylic acids is 1. The molecule has 0 spiro atoms. The number of nitrogens with zero attached hydrogens (tertiary/aromatic N) is 2. The van der Waals surface area contributed by atoms with Gasteiger partial charge in [0.15, 0.2) is 0 Å². The lowest BCUT2D eigenvalue weighted by Crippen LogP contribution is -2.38. The molecule has 0 aromatic carbocycles. The van der Waals surface area contributed by atoms with Crippen molar-refractivity contribution in [3.05, 3.63) is 23.1 Å². The van der Waals surface area contributed by atoms with Crippen LogP contribution in [0.25, 0.3) is 0 Å². The predicted octanol–water partition coefficient (Wildman–Crippen LogP) is 0.944. The third kappa shape index (κ3) is 7.39. The van der Waals surface area contributed by atoms with Crippen molar-refractivity contribution < 1.29 is 24.2 Å². The summed E-state index contributed by atoms with van der Waals surface area (Å²) in [6.07, 6.45) is 0.870. The molecule has 1 aromatic rings. The van der Waals surface area contributed by atoms with Crippen LogP contribution in [0.1, 0.15) is 19.4 Å². The summed E-state index contributed by atoms with van der Waals surface area (Å²) < 4.78 is 14.5. The Bertz CT molecular complexity index is 606. The van der Waals surface area contributed by atoms with Crippen LogP contribution in [0.15, 0.2) is 17.5 Å². The van der Waals surface area contributed by atoms with Gasteiger partial charge in [0, 0.05) is 30.1 Å². The monoisotopic (exact) mass is 339 g/mol. The molecule has 0 aliphatic heterocycles. The Morgan fingerprint density at radius 3 is 2.87 bits per heavy atom. The van der Waals surface area contributed by atoms with Gasteiger partial charge >= 0.3 is 11.9 Å². The molecule has 0 saturated carbocycles. The molecule has 0 fully saturated rings. The largest absolute Gasteiger partial charge is 0.478 e. The fraction of sp³-hybridized carbons (Fsp3) is 0.429. The van der Waals surface area contributed by atoms with Gasteiger partial charge in [-0.3, -0.25) is 0 Å². The van der Waals surface area contributed by atoms with Crippen molar-refractivity contribution in [2.75, 3.05) is 13.2 Å². The van der Waals surface area contributed by atoms with E-state index in [1.165, 1.54) is 0 Å². The van der Waals surface area contributed by atoms with Gasteiger partial charge in [0.05, 0.1) is 0 Å². The summed E-state index contributed by atoms with van der Waals surface area (Å²) in [6, 6.07) is 2.11. The number of aromatic nitrogens is 1. The van der Waals surface area contributed by atoms with Crippen molar-refractivity contribution in [1.82, 2.24) is 9.69 Å². The quantitative estimate of drug-likeness (QED) is 0.503. The van der Waals surface area contributed by atoms with Crippen molar-refractivity contribution >= 4 is 23.5 Å². The smallest absolute Gasteiger partial charge is 0.331 e. The highest BCUT2D eigenvalue weighted by molar-refractivity contribution is 7.03. The molecule has 8 nitrogen and oxygen atoms in total. The second kappa shape index (κ2) is 9.55. The molecule has 1 aromatic heterocycles. The lowest BCUT2D eigenvalue weighted by Gasteiger charge is -2.19. The van der Waals surface area contributed by atoms with E-state index < -0.39 is 18.0 Å². The van der Waals surface area contributed by atoms with Crippen molar-refractivity contribution in [2.45, 2.75) is 26.0 Å². The van der Waals surface area contributed by atoms with Crippen LogP contribution in [0.3, 0.4) is 0 Å². The molecule has 0 aliphatic rings. The van der Waals surface area contributed by atoms with Crippen LogP contribution in [0.4, 0.5) is 0 Å². The van der Waals surface area contributed by atoms with Crippen LogP contribution >= 0.6 is 11.5 Å². The highest BCUT2D eigenvalue weighted by Crippen LogP contribution is 2.17. The minimum absolute atomic E-state index is 0.00914. The van der Waals surface area contributed by atoms with Crippen LogP contribution in [-0.2, 0) is 14.3 Å². The first-order valence-corrected chi connectivity index (χ1v) is 7.58. The van der Waals surface area contributed by atoms with Crippen LogP contribution in [0, 0.1) is 11.3 Å². The number of nitrogens with one attached hydrogen (secondary N) is 1. The van der Waals surface area contributed by atoms with E-state index in [-0.39, 0.29) is 18.5 Å². The lowest BCUT2D eigenvalue weighted by atomic mass is 10.3. The Hall–Kier alpha value is -2.44. The summed E-state index contributed by atoms with van der Waals surface area (Å²) in [7, 11) is 0. The summed E-state index contributed by atoms with van der Waals surface area (Å²) >= 11 is 1.09. The zero-order valence-corrected chi connectivity index (χ0v) is 13.5. The maximum absolute atomic E-state index is 11.6. The maximum Gasteiger partial charge on any atom is 0.331 e. The minimum Gasteiger partial charge on any atom is -0.478 e. The SMILES string of the molecule is CC(C)NC[C@@H](COc1nscc1C#N)OC(=O)/C=C\C(=O)O. The number of carbonyl (C=O) groups excluding carboxylic acids is 1. The highest BCUT2D eigenvalue weighted by atomic mass is 32.1. The predicted molar refractivity (Wildman–Crippen MR) is 82.1 cm³/mol. The third-order valence-corrected chi connectivity index (χ3v) is 3.07. The Balaban J connectivity index is 2.63. The first kappa shape index (κ1) is 18.6. The van der Waals surface area contributed by atoms with Gasteiger partial charge in [0.1, 0.15) is 24.3 Å². The van der Waals surface area contributed by atoms with Gasteiger partial charge in [-0.1, -0.05) is 13.8 Å². The highest BCUT2D eigenvalue weighted by Gasteiger charge is 2.17. The van der Waals surface area contributed by atoms with Crippen molar-refractivity contribution in [3.8, 4) is 11.9 Å². The number of esters is 1. The second-order valence-corrected chi connectivity index (χ2v) is 5.38. The molecule has 0 unspecified atom stereocenters. The van der Waals surface area contributed by atoms with Crippen LogP contribution in [0.2, 0.25) is 0 Å². The molecule has 0 radical (unpaired) electrons. The third-order valence-electron chi connectivity index (χ3n) is 2.46. The number of hydrogen-bond acceptors (Lipinski definition) is 8. The lowest BCUT2D eigenvalue weighted by molar-refractivity contribution is -0.144. The molecule has 9 heteroatoms. The molecule has 23 heavy (non-hydrogen) atoms. The Morgan fingerprint density at radius 1 is 1.52 bits per heavy atom. The first-order valence-electron chi connectivity index (χ1n) is 6.74. The molecule has 0 aliphatic carbocycles. The van der Waals surface area contributed by atoms with E-state index in [4.69, 9.17) is 19.8 Å². The van der Waals surface area contributed by atoms with Crippen LogP contribution in [0.5, 0.6) is 5.88 Å². The van der Waals surface area contributed by atoms with Gasteiger partial charge in [-0.15, -0.1) is 0 Å². The van der Waals surface area contributed by atoms with E-state index >= 15 is 0 Å². The molecular weight excluding hydrogens is 322 g/mol. The molecule has 0 amide bonds. The van der Waals surface area contributed by atoms with Crippen molar-refractivity contribution in [2.24, 2.45) is 0 Å². The van der Waals surface area contributed by atoms with Gasteiger partial charge in [-0.2, -0.15) is 9.64 Å². The summed E-state index contributed by atoms with van der Waals surface area (Å²) in [5, 5.41) is 22.0. The van der Waals surface area contributed by atoms with Crippen molar-refractivity contribution in [3.63, 3.8) is 0 Å². The number of aliphatic carboxylic acids is 1. The van der Waals surface area contributed by atoms with Gasteiger partial charge < -0.3 is 19.9 Å². The number of hydrogen-bond donors (Lipinski definition) is 2. The average molecular weight is 339 g/mol. The van der Waals surface area contributed by atoms with E-state index in [1.807, 2.05) is 19.9 Å². The standard InChI is InChI=1S/C14H17N3O5S/c1-9(2)16-6-11(22-13(20)4-3-12(18)19)7-21-14-10(5-15)8-23-17-14/h3-4,8-9,11,16H,6-7H2,1-2H3,(H,18,19)/b4-3-/t11-/m0/s1. The van der Waals surface area contributed by atoms with Crippen molar-refractivity contribution in [1.29, 1.82) is 5.26 Å². The van der Waals surface area contributed by atoms with E-state index in [2.05, 4.69) is 9.69 Å². The Morgan fingerprint density at radius 2 is 2.26 bits per heavy atom. The van der Waals surface area contributed by atoms with E-state index in [1.54, 1.807) is 5.38 Å². The second-order valence-electron chi connectivity index (χ2n) is 4.75. The molecule has 124 valence electrons. The molecule has 1 heterocycles. The van der Waals surface area contributed by atoms with Gasteiger partial charge in [0.25, 0.3) is 0 Å². The normalized spacial score (nSPS) is 12.1. The van der Waals surface area contributed by atoms with Gasteiger partial charge in [0.2, 0.25) is 5.88 Å². The number of rotatable bonds is 9. The van der Waals surface area contributed by atoms with E-state index in [9.17, 15) is 9.59 Å². The maximum atomic E-state index is 11.6. The van der Waals surface area contributed by atoms with Gasteiger partial charge in [-0.25, -0.2) is 9.59 Å². The van der Waals surface area contributed by atoms with Crippen LogP contribution in [-0.4, -0.2) is 46.7 Å². The Kier molecular flexibility index (Phi) is 7.73. The Labute approximate surface area is 137 Å². The summed E-state index contributed by atoms with van der Waals surface area (Å²) in [4.78, 5) is 22.0. The van der Waals surface area contributed by atoms with Gasteiger partial charge in [-0.05, 0) is 11.5 Å². The summed E-state index contributed by atoms with van der Waals surface area (Å²) in [5.41, 5.74) is 0.308. The van der Waals surface area contributed by atoms with Crippen LogP contribution < -0.4 is 10.1 Å². The molecular formula is C14H17N3O5S. The number of carbonyl (C=O) groups is 2. The average Bonchev–Trinajstić information content (AvgIpc) is 2.95. The molecule has 1 rings (SSSR count). The summed E-state index contributed by atoms with van der Waals surface area (Å²) in [5.74, 6) is -1.84. The molecule has 2 N–H and O–H groups in total. The molecule has 1 atom stereocenters. The number of ether oxygens (including phenoxy) is 2. The zero-order chi connectivity index (χ0) is 17.2. The summed E-state index contributed by atoms with van der Waals surface area (Å²) in [6.45, 7) is 4.16. The molecule has 0 bridgehead atoms. The minimum atomic E-state index is -1.24. The number of carboxylic acid groups (broad SMARTS) is 1. The van der Waals surface area contributed by atoms with E-state index in [0.717, 1.165) is 17.6 Å². The van der Waals surface area contributed by atoms with E-state index in [0.29, 0.717) is 18.2 Å². The number of nitriles is 1. The molecule has 0 saturated heterocycles. The topological polar surface area (TPSA) is 122 Å². The zero-order valence-electron chi connectivity index (χ0n) is 12.7. The fourth-order valence-electron chi connectivity index (χ4n) is 1.42. The first-order chi connectivity index (χ1) is 10.9.